The van der Waals surface area contributed by atoms with Crippen LogP contribution in [-0.2, 0) is 27.1 Å². The highest BCUT2D eigenvalue weighted by atomic mass is 32.2. The van der Waals surface area contributed by atoms with E-state index in [0.717, 1.165) is 42.5 Å². The van der Waals surface area contributed by atoms with Crippen LogP contribution in [0.4, 0.5) is 11.8 Å². The number of carbonyl (C=O) groups is 1. The Morgan fingerprint density at radius 2 is 2.06 bits per heavy atom. The van der Waals surface area contributed by atoms with E-state index in [9.17, 15) is 9.35 Å². The zero-order valence-corrected chi connectivity index (χ0v) is 19.7. The lowest BCUT2D eigenvalue weighted by Gasteiger charge is -2.39. The molecule has 3 aliphatic rings. The van der Waals surface area contributed by atoms with E-state index >= 15 is 0 Å². The minimum Gasteiger partial charge on any atom is -0.611 e. The summed E-state index contributed by atoms with van der Waals surface area (Å²) < 4.78 is 29.0. The first kappa shape index (κ1) is 22.2. The van der Waals surface area contributed by atoms with Gasteiger partial charge in [0.1, 0.15) is 23.3 Å². The molecule has 0 aliphatic carbocycles. The van der Waals surface area contributed by atoms with Gasteiger partial charge in [0.15, 0.2) is 5.82 Å². The number of benzene rings is 1. The van der Waals surface area contributed by atoms with Gasteiger partial charge in [0.25, 0.3) is 0 Å². The van der Waals surface area contributed by atoms with Gasteiger partial charge in [-0.25, -0.2) is 9.78 Å². The average molecular weight is 473 g/mol. The number of anilines is 2. The summed E-state index contributed by atoms with van der Waals surface area (Å²) in [6, 6.07) is 7.23. The van der Waals surface area contributed by atoms with Gasteiger partial charge in [0, 0.05) is 32.7 Å². The number of esters is 1. The molecule has 176 valence electrons. The lowest BCUT2D eigenvalue weighted by Crippen LogP contribution is -2.54. The molecule has 0 amide bonds. The van der Waals surface area contributed by atoms with E-state index < -0.39 is 11.2 Å². The van der Waals surface area contributed by atoms with Crippen LogP contribution >= 0.6 is 0 Å². The molecule has 3 aliphatic heterocycles. The fourth-order valence-electron chi connectivity index (χ4n) is 4.44. The van der Waals surface area contributed by atoms with Gasteiger partial charge in [-0.3, -0.25) is 0 Å². The average Bonchev–Trinajstić information content (AvgIpc) is 3.21. The number of fused-ring (bicyclic) bond motifs is 1. The molecule has 0 spiro atoms. The number of nitrogens with zero attached hydrogens (tertiary/aromatic N) is 4. The van der Waals surface area contributed by atoms with Gasteiger partial charge >= 0.3 is 5.97 Å². The fourth-order valence-corrected chi connectivity index (χ4v) is 5.82. The van der Waals surface area contributed by atoms with Crippen LogP contribution in [-0.4, -0.2) is 78.8 Å². The number of carbonyl (C=O) groups excluding carboxylic acids is 1. The van der Waals surface area contributed by atoms with Crippen LogP contribution in [0.15, 0.2) is 29.2 Å². The van der Waals surface area contributed by atoms with Gasteiger partial charge in [0.05, 0.1) is 25.8 Å². The van der Waals surface area contributed by atoms with Crippen LogP contribution in [0.3, 0.4) is 0 Å². The molecular weight excluding hydrogens is 444 g/mol. The predicted octanol–water partition coefficient (Wildman–Crippen LogP) is 1.81. The number of hydrogen-bond acceptors (Lipinski definition) is 9. The first-order valence-electron chi connectivity index (χ1n) is 11.2. The second kappa shape index (κ2) is 9.36. The molecule has 1 unspecified atom stereocenters. The van der Waals surface area contributed by atoms with Crippen LogP contribution in [0, 0.1) is 0 Å². The molecule has 0 saturated carbocycles. The minimum absolute atomic E-state index is 0.230. The van der Waals surface area contributed by atoms with Crippen LogP contribution in [0.5, 0.6) is 5.75 Å². The Bertz CT molecular complexity index is 1030. The van der Waals surface area contributed by atoms with Crippen molar-refractivity contribution in [1.29, 1.82) is 0 Å². The van der Waals surface area contributed by atoms with E-state index in [0.29, 0.717) is 48.6 Å². The molecule has 1 aromatic carbocycles. The Balaban J connectivity index is 1.29. The topological polar surface area (TPSA) is 100 Å². The number of aryl methyl sites for hydroxylation is 1. The molecule has 2 aromatic rings. The summed E-state index contributed by atoms with van der Waals surface area (Å²) in [6.07, 6.45) is 2.30. The van der Waals surface area contributed by atoms with Crippen LogP contribution < -0.4 is 14.5 Å². The SMILES string of the molecule is COc1cccc(C(=O)OC2CN(c3nc4c(c(N(C)C5CCOCC5)n3)[S+]([O-])CC4)C2)c1. The molecule has 2 fully saturated rings. The van der Waals surface area contributed by atoms with Gasteiger partial charge in [-0.15, -0.1) is 0 Å². The molecular formula is C23H28N4O5S. The van der Waals surface area contributed by atoms with E-state index in [2.05, 4.69) is 4.90 Å². The van der Waals surface area contributed by atoms with Crippen molar-refractivity contribution in [1.82, 2.24) is 9.97 Å². The highest BCUT2D eigenvalue weighted by molar-refractivity contribution is 7.91. The minimum atomic E-state index is -1.07. The third kappa shape index (κ3) is 4.47. The first-order chi connectivity index (χ1) is 16.0. The van der Waals surface area contributed by atoms with Crippen molar-refractivity contribution in [2.45, 2.75) is 36.3 Å². The van der Waals surface area contributed by atoms with Crippen LogP contribution in [0.2, 0.25) is 0 Å². The maximum absolute atomic E-state index is 12.7. The van der Waals surface area contributed by atoms with Gasteiger partial charge in [-0.2, -0.15) is 4.98 Å². The quantitative estimate of drug-likeness (QED) is 0.460. The van der Waals surface area contributed by atoms with Crippen molar-refractivity contribution < 1.29 is 23.6 Å². The summed E-state index contributed by atoms with van der Waals surface area (Å²) in [6.45, 7) is 2.51. The van der Waals surface area contributed by atoms with Gasteiger partial charge in [-0.1, -0.05) is 6.07 Å². The number of aromatic nitrogens is 2. The number of rotatable bonds is 6. The number of ether oxygens (including phenoxy) is 3. The van der Waals surface area contributed by atoms with Gasteiger partial charge in [-0.05, 0) is 42.2 Å². The number of hydrogen-bond donors (Lipinski definition) is 0. The zero-order valence-electron chi connectivity index (χ0n) is 18.9. The molecule has 1 atom stereocenters. The van der Waals surface area contributed by atoms with Crippen molar-refractivity contribution in [2.75, 3.05) is 56.0 Å². The number of methoxy groups -OCH3 is 1. The Labute approximate surface area is 196 Å². The van der Waals surface area contributed by atoms with Crippen molar-refractivity contribution in [3.8, 4) is 5.75 Å². The highest BCUT2D eigenvalue weighted by Crippen LogP contribution is 2.36. The second-order valence-corrected chi connectivity index (χ2v) is 10.0. The Kier molecular flexibility index (Phi) is 6.31. The Morgan fingerprint density at radius 3 is 2.82 bits per heavy atom. The lowest BCUT2D eigenvalue weighted by molar-refractivity contribution is 0.0231. The summed E-state index contributed by atoms with van der Waals surface area (Å²) in [5.74, 6) is 2.20. The molecule has 0 bridgehead atoms. The molecule has 0 radical (unpaired) electrons. The van der Waals surface area contributed by atoms with E-state index in [4.69, 9.17) is 24.2 Å². The summed E-state index contributed by atoms with van der Waals surface area (Å²) >= 11 is -1.07. The maximum Gasteiger partial charge on any atom is 0.338 e. The molecule has 1 aromatic heterocycles. The normalized spacial score (nSPS) is 20.8. The Morgan fingerprint density at radius 1 is 1.27 bits per heavy atom. The van der Waals surface area contributed by atoms with Crippen LogP contribution in [0.1, 0.15) is 28.9 Å². The van der Waals surface area contributed by atoms with E-state index in [1.54, 1.807) is 31.4 Å². The fraction of sp³-hybridized carbons (Fsp3) is 0.522. The highest BCUT2D eigenvalue weighted by Gasteiger charge is 2.38. The second-order valence-electron chi connectivity index (χ2n) is 8.54. The van der Waals surface area contributed by atoms with Gasteiger partial charge < -0.3 is 28.6 Å². The molecule has 33 heavy (non-hydrogen) atoms. The molecule has 9 nitrogen and oxygen atoms in total. The van der Waals surface area contributed by atoms with E-state index in [-0.39, 0.29) is 12.1 Å². The monoisotopic (exact) mass is 472 g/mol. The van der Waals surface area contributed by atoms with E-state index in [1.807, 2.05) is 11.9 Å². The van der Waals surface area contributed by atoms with Gasteiger partial charge in [0.2, 0.25) is 10.8 Å². The molecule has 5 rings (SSSR count). The summed E-state index contributed by atoms with van der Waals surface area (Å²) in [5.41, 5.74) is 1.33. The summed E-state index contributed by atoms with van der Waals surface area (Å²) in [4.78, 5) is 27.0. The van der Waals surface area contributed by atoms with Crippen LogP contribution in [0.25, 0.3) is 0 Å². The third-order valence-corrected chi connectivity index (χ3v) is 7.89. The standard InChI is InChI=1S/C23H28N4O5S/c1-26(16-6-9-31-10-7-16)21-20-19(8-11-33(20)29)24-23(25-21)27-13-18(14-27)32-22(28)15-4-3-5-17(12-15)30-2/h3-5,12,16,18H,6-11,13-14H2,1-2H3. The van der Waals surface area contributed by atoms with Crippen molar-refractivity contribution in [3.63, 3.8) is 0 Å². The first-order valence-corrected chi connectivity index (χ1v) is 12.5. The largest absolute Gasteiger partial charge is 0.611 e. The molecule has 0 N–H and O–H groups in total. The van der Waals surface area contributed by atoms with E-state index in [1.165, 1.54) is 0 Å². The smallest absolute Gasteiger partial charge is 0.338 e. The van der Waals surface area contributed by atoms with Crippen molar-refractivity contribution in [2.24, 2.45) is 0 Å². The Hall–Kier alpha value is -2.56. The summed E-state index contributed by atoms with van der Waals surface area (Å²) in [5, 5.41) is 0. The molecule has 2 saturated heterocycles. The van der Waals surface area contributed by atoms with Crippen molar-refractivity contribution in [3.05, 3.63) is 35.5 Å². The lowest BCUT2D eigenvalue weighted by atomic mass is 10.1. The predicted molar refractivity (Wildman–Crippen MR) is 124 cm³/mol. The summed E-state index contributed by atoms with van der Waals surface area (Å²) in [7, 11) is 3.58. The molecule has 10 heteroatoms. The third-order valence-electron chi connectivity index (χ3n) is 6.44. The maximum atomic E-state index is 12.7. The zero-order chi connectivity index (χ0) is 22.9. The molecule has 4 heterocycles. The van der Waals surface area contributed by atoms with Crippen molar-refractivity contribution >= 4 is 28.9 Å².